The zero-order valence-corrected chi connectivity index (χ0v) is 19.1. The van der Waals surface area contributed by atoms with Crippen LogP contribution < -0.4 is 14.2 Å². The van der Waals surface area contributed by atoms with E-state index in [0.717, 1.165) is 12.8 Å². The molecule has 0 spiro atoms. The van der Waals surface area contributed by atoms with E-state index in [4.69, 9.17) is 30.8 Å². The van der Waals surface area contributed by atoms with Crippen LogP contribution >= 0.6 is 12.2 Å². The van der Waals surface area contributed by atoms with Crippen LogP contribution in [-0.4, -0.2) is 43.1 Å². The molecular weight excluding hydrogens is 414 g/mol. The molecule has 31 heavy (non-hydrogen) atoms. The second-order valence-electron chi connectivity index (χ2n) is 7.59. The van der Waals surface area contributed by atoms with E-state index in [0.29, 0.717) is 46.3 Å². The highest BCUT2D eigenvalue weighted by Gasteiger charge is 2.24. The van der Waals surface area contributed by atoms with Crippen molar-refractivity contribution in [2.45, 2.75) is 32.0 Å². The lowest BCUT2D eigenvalue weighted by Crippen LogP contribution is -2.30. The Morgan fingerprint density at radius 1 is 1.13 bits per heavy atom. The molecule has 0 radical (unpaired) electrons. The molecule has 0 aliphatic heterocycles. The Hall–Kier alpha value is -2.84. The van der Waals surface area contributed by atoms with Crippen LogP contribution in [0.3, 0.4) is 0 Å². The summed E-state index contributed by atoms with van der Waals surface area (Å²) in [4.78, 5) is 2.59. The fourth-order valence-electron chi connectivity index (χ4n) is 4.21. The zero-order chi connectivity index (χ0) is 22.0. The summed E-state index contributed by atoms with van der Waals surface area (Å²) in [5.74, 6) is 1.98. The number of fused-ring (bicyclic) bond motifs is 1. The van der Waals surface area contributed by atoms with Crippen molar-refractivity contribution in [2.75, 3.05) is 28.4 Å². The molecule has 8 heteroatoms. The van der Waals surface area contributed by atoms with Crippen molar-refractivity contribution in [1.29, 1.82) is 0 Å². The number of ether oxygens (including phenoxy) is 3. The molecule has 1 heterocycles. The van der Waals surface area contributed by atoms with E-state index in [9.17, 15) is 0 Å². The lowest BCUT2D eigenvalue weighted by atomic mass is 9.87. The smallest absolute Gasteiger partial charge is 0.288 e. The van der Waals surface area contributed by atoms with Crippen LogP contribution in [0.1, 0.15) is 30.0 Å². The number of benzene rings is 2. The van der Waals surface area contributed by atoms with E-state index < -0.39 is 0 Å². The molecular formula is C23H27N3O4S. The Kier molecular flexibility index (Phi) is 6.29. The van der Waals surface area contributed by atoms with E-state index >= 15 is 0 Å². The molecule has 0 fully saturated rings. The zero-order valence-electron chi connectivity index (χ0n) is 18.3. The van der Waals surface area contributed by atoms with Gasteiger partial charge in [-0.15, -0.1) is 5.10 Å². The van der Waals surface area contributed by atoms with Gasteiger partial charge in [-0.2, -0.15) is 0 Å². The van der Waals surface area contributed by atoms with Crippen molar-refractivity contribution in [2.24, 2.45) is 0 Å². The van der Waals surface area contributed by atoms with Gasteiger partial charge in [-0.05, 0) is 61.8 Å². The number of hydrogen-bond donors (Lipinski definition) is 0. The van der Waals surface area contributed by atoms with Gasteiger partial charge in [-0.25, -0.2) is 4.68 Å². The second kappa shape index (κ2) is 9.11. The Morgan fingerprint density at radius 3 is 2.52 bits per heavy atom. The van der Waals surface area contributed by atoms with Crippen molar-refractivity contribution in [1.82, 2.24) is 14.7 Å². The average Bonchev–Trinajstić information content (AvgIpc) is 3.17. The first-order chi connectivity index (χ1) is 15.0. The van der Waals surface area contributed by atoms with Gasteiger partial charge in [0.1, 0.15) is 0 Å². The van der Waals surface area contributed by atoms with Crippen molar-refractivity contribution < 1.29 is 18.6 Å². The van der Waals surface area contributed by atoms with Gasteiger partial charge in [0.2, 0.25) is 11.6 Å². The molecule has 1 aliphatic rings. The quantitative estimate of drug-likeness (QED) is 0.485. The van der Waals surface area contributed by atoms with Gasteiger partial charge in [0.05, 0.1) is 28.0 Å². The third-order valence-electron chi connectivity index (χ3n) is 5.74. The van der Waals surface area contributed by atoms with Crippen LogP contribution in [0.5, 0.6) is 17.2 Å². The first-order valence-corrected chi connectivity index (χ1v) is 10.6. The molecule has 0 amide bonds. The van der Waals surface area contributed by atoms with E-state index in [1.54, 1.807) is 38.1 Å². The first kappa shape index (κ1) is 21.4. The van der Waals surface area contributed by atoms with Gasteiger partial charge < -0.3 is 18.6 Å². The maximum absolute atomic E-state index is 5.82. The number of rotatable bonds is 7. The number of nitrogens with zero attached hydrogens (tertiary/aromatic N) is 3. The summed E-state index contributed by atoms with van der Waals surface area (Å²) in [6.07, 6.45) is 3.42. The molecule has 1 aliphatic carbocycles. The normalized spacial score (nSPS) is 15.6. The van der Waals surface area contributed by atoms with Crippen molar-refractivity contribution in [3.63, 3.8) is 0 Å². The Labute approximate surface area is 187 Å². The number of aromatic nitrogens is 2. The molecule has 0 saturated heterocycles. The van der Waals surface area contributed by atoms with Crippen LogP contribution in [0.4, 0.5) is 0 Å². The summed E-state index contributed by atoms with van der Waals surface area (Å²) in [6, 6.07) is 12.6. The number of methoxy groups -OCH3 is 3. The molecule has 1 atom stereocenters. The molecule has 7 nitrogen and oxygen atoms in total. The summed E-state index contributed by atoms with van der Waals surface area (Å²) in [6.45, 7) is 0.533. The fourth-order valence-corrected chi connectivity index (χ4v) is 4.39. The van der Waals surface area contributed by atoms with Gasteiger partial charge in [-0.1, -0.05) is 24.3 Å². The van der Waals surface area contributed by atoms with Crippen LogP contribution in [-0.2, 0) is 13.1 Å². The molecule has 3 aromatic rings. The predicted octanol–water partition coefficient (Wildman–Crippen LogP) is 4.87. The fraction of sp³-hybridized carbons (Fsp3) is 0.391. The molecule has 0 saturated carbocycles. The van der Waals surface area contributed by atoms with Gasteiger partial charge in [0.25, 0.3) is 4.84 Å². The summed E-state index contributed by atoms with van der Waals surface area (Å²) in [5.41, 5.74) is 3.51. The lowest BCUT2D eigenvalue weighted by Gasteiger charge is -2.32. The molecule has 1 unspecified atom stereocenters. The van der Waals surface area contributed by atoms with Gasteiger partial charge >= 0.3 is 0 Å². The topological polar surface area (TPSA) is 61.9 Å². The van der Waals surface area contributed by atoms with E-state index in [2.05, 4.69) is 41.3 Å². The minimum atomic E-state index is 0.319. The van der Waals surface area contributed by atoms with Crippen LogP contribution in [0.15, 0.2) is 40.8 Å². The highest BCUT2D eigenvalue weighted by molar-refractivity contribution is 7.71. The summed E-state index contributed by atoms with van der Waals surface area (Å²) >= 11 is 5.46. The summed E-state index contributed by atoms with van der Waals surface area (Å²) in [7, 11) is 6.82. The van der Waals surface area contributed by atoms with Gasteiger partial charge in [-0.3, -0.25) is 4.90 Å². The standard InChI is InChI=1S/C23H27N3O4S/c1-25(18-11-7-9-15-8-5-6-10-17(15)18)14-26-23(31)30-22(24-26)16-12-19(27-2)21(29-4)20(13-16)28-3/h5-6,8,10,12-13,18H,7,9,11,14H2,1-4H3. The van der Waals surface area contributed by atoms with Gasteiger partial charge in [0, 0.05) is 11.6 Å². The van der Waals surface area contributed by atoms with Crippen LogP contribution in [0.2, 0.25) is 0 Å². The highest BCUT2D eigenvalue weighted by atomic mass is 32.1. The third kappa shape index (κ3) is 4.18. The van der Waals surface area contributed by atoms with Crippen LogP contribution in [0, 0.1) is 4.84 Å². The van der Waals surface area contributed by atoms with E-state index in [-0.39, 0.29) is 0 Å². The van der Waals surface area contributed by atoms with Crippen LogP contribution in [0.25, 0.3) is 11.5 Å². The average molecular weight is 442 g/mol. The molecule has 0 N–H and O–H groups in total. The number of aryl methyl sites for hydroxylation is 1. The molecule has 164 valence electrons. The highest BCUT2D eigenvalue weighted by Crippen LogP contribution is 2.41. The Bertz CT molecular complexity index is 1100. The first-order valence-electron chi connectivity index (χ1n) is 10.2. The van der Waals surface area contributed by atoms with E-state index in [1.807, 2.05) is 0 Å². The molecule has 0 bridgehead atoms. The maximum Gasteiger partial charge on any atom is 0.288 e. The predicted molar refractivity (Wildman–Crippen MR) is 120 cm³/mol. The molecule has 2 aromatic carbocycles. The van der Waals surface area contributed by atoms with E-state index in [1.165, 1.54) is 17.5 Å². The Balaban J connectivity index is 1.61. The minimum Gasteiger partial charge on any atom is -0.493 e. The summed E-state index contributed by atoms with van der Waals surface area (Å²) < 4.78 is 23.8. The lowest BCUT2D eigenvalue weighted by molar-refractivity contribution is 0.164. The monoisotopic (exact) mass is 441 g/mol. The largest absolute Gasteiger partial charge is 0.493 e. The summed E-state index contributed by atoms with van der Waals surface area (Å²) in [5, 5.41) is 4.63. The Morgan fingerprint density at radius 2 is 1.84 bits per heavy atom. The SMILES string of the molecule is COc1cc(-c2nn(CN(C)C3CCCc4ccccc43)c(=S)o2)cc(OC)c1OC. The molecule has 1 aromatic heterocycles. The number of hydrogen-bond acceptors (Lipinski definition) is 7. The third-order valence-corrected chi connectivity index (χ3v) is 6.04. The maximum atomic E-state index is 5.82. The van der Waals surface area contributed by atoms with Gasteiger partial charge in [0.15, 0.2) is 11.5 Å². The molecule has 4 rings (SSSR count). The minimum absolute atomic E-state index is 0.319. The van der Waals surface area contributed by atoms with Crippen molar-refractivity contribution >= 4 is 12.2 Å². The van der Waals surface area contributed by atoms with Crippen molar-refractivity contribution in [3.8, 4) is 28.7 Å². The van der Waals surface area contributed by atoms with Crippen molar-refractivity contribution in [3.05, 3.63) is 52.4 Å². The second-order valence-corrected chi connectivity index (χ2v) is 7.94.